The lowest BCUT2D eigenvalue weighted by Gasteiger charge is -2.43. The van der Waals surface area contributed by atoms with E-state index in [0.717, 1.165) is 43.8 Å². The molecule has 8 aromatic heterocycles. The predicted molar refractivity (Wildman–Crippen MR) is 478 cm³/mol. The van der Waals surface area contributed by atoms with Crippen LogP contribution < -0.4 is 54.3 Å². The molecule has 6 N–H and O–H groups in total. The van der Waals surface area contributed by atoms with Crippen LogP contribution >= 0.6 is 0 Å². The van der Waals surface area contributed by atoms with Crippen LogP contribution in [-0.2, 0) is 77.3 Å². The average Bonchev–Trinajstić information content (AvgIpc) is 1.48. The molecule has 0 bridgehead atoms. The Morgan fingerprint density at radius 2 is 0.874 bits per heavy atom. The number of nitrogens with one attached hydrogen (secondary N) is 4. The van der Waals surface area contributed by atoms with E-state index < -0.39 is 64.2 Å². The van der Waals surface area contributed by atoms with Crippen LogP contribution in [0.1, 0.15) is 77.2 Å². The van der Waals surface area contributed by atoms with Crippen LogP contribution in [0.4, 0.5) is 33.6 Å². The molecule has 12 aromatic rings. The van der Waals surface area contributed by atoms with Gasteiger partial charge in [0.2, 0.25) is 11.9 Å². The van der Waals surface area contributed by atoms with Crippen molar-refractivity contribution in [1.82, 2.24) is 69.7 Å². The maximum atomic E-state index is 14.4. The molecule has 0 radical (unpaired) electrons. The quantitative estimate of drug-likeness (QED) is 0.0724. The monoisotopic (exact) mass is 1820 g/mol. The van der Waals surface area contributed by atoms with Gasteiger partial charge in [-0.25, -0.2) is 82.5 Å². The van der Waals surface area contributed by atoms with Crippen molar-refractivity contribution in [3.05, 3.63) is 132 Å². The number of rotatable bonds is 13. The van der Waals surface area contributed by atoms with Crippen LogP contribution in [0.5, 0.6) is 28.7 Å². The second-order valence-electron chi connectivity index (χ2n) is 34.5. The van der Waals surface area contributed by atoms with Gasteiger partial charge in [-0.2, -0.15) is 4.98 Å². The number of halogens is 1. The van der Waals surface area contributed by atoms with Crippen LogP contribution in [0.15, 0.2) is 104 Å². The Morgan fingerprint density at radius 3 is 1.35 bits per heavy atom. The Labute approximate surface area is 732 Å². The van der Waals surface area contributed by atoms with Gasteiger partial charge in [-0.05, 0) is 122 Å². The third kappa shape index (κ3) is 15.4. The van der Waals surface area contributed by atoms with Gasteiger partial charge in [0.25, 0.3) is 0 Å². The van der Waals surface area contributed by atoms with E-state index in [9.17, 15) is 38.1 Å². The number of H-pyrrole nitrogens is 3. The summed E-state index contributed by atoms with van der Waals surface area (Å²) in [4.78, 5) is 60.9. The Bertz CT molecular complexity index is 6800. The minimum Gasteiger partial charge on any atom is -0.497 e. The van der Waals surface area contributed by atoms with E-state index in [4.69, 9.17) is 78.3 Å². The zero-order chi connectivity index (χ0) is 89.2. The lowest BCUT2D eigenvalue weighted by Crippen LogP contribution is -2.52. The molecule has 0 unspecified atom stereocenters. The number of imidazole rings is 1. The van der Waals surface area contributed by atoms with E-state index in [0.29, 0.717) is 229 Å². The molecule has 0 amide bonds. The number of nitrogens with zero attached hydrogens (tertiary/aromatic N) is 14. The topological polar surface area (TPSA) is 439 Å². The predicted octanol–water partition coefficient (Wildman–Crippen LogP) is 8.27. The number of nitrogens with two attached hydrogens (primary N) is 1. The van der Waals surface area contributed by atoms with Gasteiger partial charge in [-0.1, -0.05) is 24.3 Å². The number of hydrogen-bond acceptors (Lipinski definition) is 32. The molecule has 0 saturated carbocycles. The number of aromatic amines is 3. The van der Waals surface area contributed by atoms with Crippen molar-refractivity contribution in [3.8, 4) is 68.9 Å². The number of nitrogen functional groups attached to an aromatic ring is 1. The standard InChI is InChI=1S/C23H27N5O4S.C22H26N4O5S.C21H23FN4O4S.C20H24N6O4S/c1-33(29,30)23(6-9-24-10-7-23)20-19-22(28-11-12-31-13-15(28)14-32-19)27-21(26-20)17-3-2-4-18-16(17)5-8-25-18;1-22(2,32(4,27)28)19-18-21(26-7-8-30-11-13(26)12-31-18)25-20(24-19)16-9-14(29-3)10-17-15(16)5-6-23-17;1-21(2,31(3,27)28)18-17-20(26-6-7-29-10-13(26)11-30-17)25-19(24-18)15-8-12(22)9-16-14(15)4-5-23-16;1-20(2,31(3,27)28)16-15-17(25-8-9-29-10-12(25)11-30-15)24-19(23-16)26-14-7-5-4-6-13(14)22-18(26)21/h2-5,8,15,24-25H,6-7,9-14H2,1H3;5-6,9-10,13,23H,7-8,11-12H2,1-4H3;4-5,8-9,13,23H,6-7,10-11H2,1-3H3;4-7,12H,8-11H2,1-3H3,(H2,21,22)/t15-;2*13-;12-/m0000/s1. The fourth-order valence-corrected chi connectivity index (χ4v) is 20.4. The van der Waals surface area contributed by atoms with E-state index in [-0.39, 0.29) is 47.6 Å². The number of methoxy groups -OCH3 is 1. The molecule has 5 saturated heterocycles. The molecule has 9 aliphatic rings. The number of aromatic nitrogens is 13. The summed E-state index contributed by atoms with van der Waals surface area (Å²) < 4.78 is 166. The van der Waals surface area contributed by atoms with Gasteiger partial charge in [0, 0.05) is 125 Å². The molecule has 36 nitrogen and oxygen atoms in total. The Hall–Kier alpha value is -11.2. The second-order valence-corrected chi connectivity index (χ2v) is 44.5. The van der Waals surface area contributed by atoms with Crippen molar-refractivity contribution in [2.75, 3.05) is 176 Å². The number of hydrogen-bond donors (Lipinski definition) is 5. The molecule has 0 aliphatic carbocycles. The summed E-state index contributed by atoms with van der Waals surface area (Å²) in [5, 5.41) is 5.96. The SMILES string of the molecule is CC(C)(c1nc(-c2cc(F)cc3[nH]ccc23)nc2c1OC[C@@H]1COCCN21)S(C)(=O)=O.CC(C)(c1nc(-n2c(N)nc3ccccc32)nc2c1OC[C@@H]1COCCN21)S(C)(=O)=O.COc1cc(-c2nc3c(c(C(C)(C)S(C)(=O)=O)n2)OC[C@@H]2COCCN32)c2cc[nH]c2c1.CS(=O)(=O)C1(c2nc(-c3cccc4[nH]ccc34)nc3c2OC[C@@H]2COCCN32)CCNCC1. The summed E-state index contributed by atoms with van der Waals surface area (Å²) in [6.07, 6.45) is 11.2. The molecule has 17 heterocycles. The van der Waals surface area contributed by atoms with Gasteiger partial charge >= 0.3 is 0 Å². The third-order valence-electron chi connectivity index (χ3n) is 25.7. The van der Waals surface area contributed by atoms with E-state index in [2.05, 4.69) is 54.8 Å². The van der Waals surface area contributed by atoms with Crippen LogP contribution in [0.2, 0.25) is 0 Å². The molecular weight excluding hydrogens is 1720 g/mol. The maximum absolute atomic E-state index is 14.4. The van der Waals surface area contributed by atoms with Crippen LogP contribution in [0.3, 0.4) is 0 Å². The second kappa shape index (κ2) is 32.8. The normalized spacial score (nSPS) is 19.9. The molecule has 4 aromatic carbocycles. The van der Waals surface area contributed by atoms with Crippen molar-refractivity contribution < 1.29 is 80.7 Å². The molecule has 0 spiro atoms. The number of morpholine rings is 4. The lowest BCUT2D eigenvalue weighted by atomic mass is 9.91. The van der Waals surface area contributed by atoms with Gasteiger partial charge < -0.3 is 88.2 Å². The number of benzene rings is 4. The summed E-state index contributed by atoms with van der Waals surface area (Å²) in [6, 6.07) is 25.8. The number of anilines is 5. The van der Waals surface area contributed by atoms with E-state index in [1.807, 2.05) is 85.2 Å². The zero-order valence-electron chi connectivity index (χ0n) is 72.1. The summed E-state index contributed by atoms with van der Waals surface area (Å²) in [5.41, 5.74) is 13.7. The molecular formula is C86H100FN19O17S4. The van der Waals surface area contributed by atoms with Crippen molar-refractivity contribution >= 4 is 112 Å². The Kier molecular flexibility index (Phi) is 22.4. The van der Waals surface area contributed by atoms with E-state index in [1.165, 1.54) is 37.2 Å². The number of para-hydroxylation sites is 2. The maximum Gasteiger partial charge on any atom is 0.239 e. The summed E-state index contributed by atoms with van der Waals surface area (Å²) >= 11 is 0. The third-order valence-corrected chi connectivity index (χ3v) is 33.9. The highest BCUT2D eigenvalue weighted by atomic mass is 32.2. The summed E-state index contributed by atoms with van der Waals surface area (Å²) in [5.74, 6) is 5.92. The van der Waals surface area contributed by atoms with E-state index >= 15 is 0 Å². The fourth-order valence-electron chi connectivity index (χ4n) is 17.5. The first-order valence-corrected chi connectivity index (χ1v) is 49.4. The van der Waals surface area contributed by atoms with E-state index in [1.54, 1.807) is 59.4 Å². The molecule has 127 heavy (non-hydrogen) atoms. The van der Waals surface area contributed by atoms with Gasteiger partial charge in [-0.15, -0.1) is 0 Å². The number of piperidine rings is 1. The van der Waals surface area contributed by atoms with Gasteiger partial charge in [0.15, 0.2) is 103 Å². The highest BCUT2D eigenvalue weighted by molar-refractivity contribution is 7.92. The van der Waals surface area contributed by atoms with Crippen molar-refractivity contribution in [3.63, 3.8) is 0 Å². The smallest absolute Gasteiger partial charge is 0.239 e. The van der Waals surface area contributed by atoms with Gasteiger partial charge in [-0.3, -0.25) is 0 Å². The highest BCUT2D eigenvalue weighted by Crippen LogP contribution is 2.52. The Balaban J connectivity index is 0.000000115. The van der Waals surface area contributed by atoms with Crippen LogP contribution in [0, 0.1) is 5.82 Å². The lowest BCUT2D eigenvalue weighted by molar-refractivity contribution is 0.0689. The molecule has 4 atom stereocenters. The zero-order valence-corrected chi connectivity index (χ0v) is 75.3. The largest absolute Gasteiger partial charge is 0.497 e. The minimum atomic E-state index is -3.55. The number of ether oxygens (including phenoxy) is 9. The first kappa shape index (κ1) is 86.6. The van der Waals surface area contributed by atoms with Crippen molar-refractivity contribution in [1.29, 1.82) is 0 Å². The summed E-state index contributed by atoms with van der Waals surface area (Å²) in [7, 11) is -12.5. The first-order chi connectivity index (χ1) is 60.5. The minimum absolute atomic E-state index is 0.00456. The first-order valence-electron chi connectivity index (χ1n) is 41.8. The van der Waals surface area contributed by atoms with Crippen LogP contribution in [0.25, 0.3) is 83.9 Å². The molecule has 672 valence electrons. The average molecular weight is 1820 g/mol. The van der Waals surface area contributed by atoms with Crippen LogP contribution in [-0.4, -0.2) is 273 Å². The number of sulfone groups is 4. The fraction of sp³-hybridized carbons (Fsp3) is 0.453. The van der Waals surface area contributed by atoms with Crippen molar-refractivity contribution in [2.45, 2.75) is 97.5 Å². The molecule has 9 aliphatic heterocycles. The molecule has 5 fully saturated rings. The summed E-state index contributed by atoms with van der Waals surface area (Å²) in [6.45, 7) is 19.4. The highest BCUT2D eigenvalue weighted by Gasteiger charge is 2.52. The number of fused-ring (bicyclic) bond motifs is 16. The molecule has 21 rings (SSSR count). The van der Waals surface area contributed by atoms with Gasteiger partial charge in [0.05, 0.1) is 95.2 Å². The molecule has 41 heteroatoms. The Morgan fingerprint density at radius 1 is 0.457 bits per heavy atom. The van der Waals surface area contributed by atoms with Crippen molar-refractivity contribution in [2.24, 2.45) is 0 Å². The van der Waals surface area contributed by atoms with Gasteiger partial charge in [0.1, 0.15) is 79.8 Å².